The molecule has 0 bridgehead atoms. The summed E-state index contributed by atoms with van der Waals surface area (Å²) in [6, 6.07) is 0. The van der Waals surface area contributed by atoms with Crippen LogP contribution in [0.3, 0.4) is 0 Å². The van der Waals surface area contributed by atoms with Crippen LogP contribution < -0.4 is 0 Å². The van der Waals surface area contributed by atoms with Gasteiger partial charge in [0.1, 0.15) is 0 Å². The van der Waals surface area contributed by atoms with E-state index < -0.39 is 18.0 Å². The number of hydrogen-bond donors (Lipinski definition) is 0. The molecule has 0 amide bonds. The molecule has 0 aliphatic rings. The van der Waals surface area contributed by atoms with Crippen molar-refractivity contribution in [3.8, 4) is 0 Å². The molecular weight excluding hydrogens is 252 g/mol. The Morgan fingerprint density at radius 1 is 1.26 bits per heavy atom. The third-order valence-corrected chi connectivity index (χ3v) is 2.08. The lowest BCUT2D eigenvalue weighted by molar-refractivity contribution is -0.460. The molecule has 0 saturated heterocycles. The van der Waals surface area contributed by atoms with Gasteiger partial charge in [-0.2, -0.15) is 4.89 Å². The van der Waals surface area contributed by atoms with E-state index in [1.54, 1.807) is 13.8 Å². The maximum absolute atomic E-state index is 11.0. The Labute approximate surface area is 114 Å². The van der Waals surface area contributed by atoms with Crippen molar-refractivity contribution in [2.75, 3.05) is 6.61 Å². The first kappa shape index (κ1) is 17.9. The van der Waals surface area contributed by atoms with Crippen LogP contribution in [0.15, 0.2) is 12.2 Å². The summed E-state index contributed by atoms with van der Waals surface area (Å²) in [6.07, 6.45) is -0.172. The second-order valence-electron chi connectivity index (χ2n) is 4.73. The number of hydrogen-bond acceptors (Lipinski definition) is 6. The lowest BCUT2D eigenvalue weighted by Gasteiger charge is -2.25. The van der Waals surface area contributed by atoms with Gasteiger partial charge in [-0.3, -0.25) is 4.89 Å². The van der Waals surface area contributed by atoms with Gasteiger partial charge in [-0.25, -0.2) is 9.68 Å². The fourth-order valence-electron chi connectivity index (χ4n) is 1.22. The molecule has 0 aromatic heterocycles. The van der Waals surface area contributed by atoms with E-state index in [4.69, 9.17) is 14.7 Å². The summed E-state index contributed by atoms with van der Waals surface area (Å²) in [7, 11) is 0. The van der Waals surface area contributed by atoms with E-state index in [9.17, 15) is 4.79 Å². The molecule has 0 rings (SSSR count). The summed E-state index contributed by atoms with van der Waals surface area (Å²) in [5.74, 6) is 0. The van der Waals surface area contributed by atoms with Gasteiger partial charge in [0, 0.05) is 0 Å². The molecule has 112 valence electrons. The maximum Gasteiger partial charge on any atom is 0.540 e. The minimum Gasteiger partial charge on any atom is -0.433 e. The smallest absolute Gasteiger partial charge is 0.433 e. The highest BCUT2D eigenvalue weighted by Gasteiger charge is 2.24. The van der Waals surface area contributed by atoms with Gasteiger partial charge in [0.15, 0.2) is 0 Å². The molecule has 1 atom stereocenters. The zero-order valence-electron chi connectivity index (χ0n) is 12.4. The molecule has 6 nitrogen and oxygen atoms in total. The Bertz CT molecular complexity index is 287. The Kier molecular flexibility index (Phi) is 8.38. The Balaban J connectivity index is 4.20. The molecule has 19 heavy (non-hydrogen) atoms. The molecule has 0 aliphatic carbocycles. The van der Waals surface area contributed by atoms with E-state index in [1.807, 2.05) is 20.8 Å². The van der Waals surface area contributed by atoms with Crippen molar-refractivity contribution in [3.63, 3.8) is 0 Å². The molecule has 0 saturated carbocycles. The van der Waals surface area contributed by atoms with Crippen LogP contribution in [0, 0.1) is 0 Å². The van der Waals surface area contributed by atoms with Gasteiger partial charge in [0.2, 0.25) is 0 Å². The molecule has 6 heteroatoms. The third-order valence-electron chi connectivity index (χ3n) is 2.08. The first-order chi connectivity index (χ1) is 8.82. The Morgan fingerprint density at radius 2 is 1.89 bits per heavy atom. The average molecular weight is 276 g/mol. The van der Waals surface area contributed by atoms with Gasteiger partial charge >= 0.3 is 6.16 Å². The van der Waals surface area contributed by atoms with E-state index in [2.05, 4.69) is 16.2 Å². The highest BCUT2D eigenvalue weighted by molar-refractivity contribution is 5.58. The van der Waals surface area contributed by atoms with Crippen LogP contribution in [0.2, 0.25) is 0 Å². The van der Waals surface area contributed by atoms with Gasteiger partial charge in [0.05, 0.1) is 12.2 Å². The summed E-state index contributed by atoms with van der Waals surface area (Å²) < 4.78 is 4.54. The number of ether oxygens (including phenoxy) is 1. The quantitative estimate of drug-likeness (QED) is 0.211. The van der Waals surface area contributed by atoms with Crippen molar-refractivity contribution in [2.45, 2.75) is 59.4 Å². The third kappa shape index (κ3) is 8.58. The van der Waals surface area contributed by atoms with Crippen LogP contribution in [-0.2, 0) is 24.3 Å². The topological polar surface area (TPSA) is 63.2 Å². The van der Waals surface area contributed by atoms with Crippen molar-refractivity contribution < 1.29 is 29.1 Å². The first-order valence-electron chi connectivity index (χ1n) is 6.32. The Morgan fingerprint density at radius 3 is 2.37 bits per heavy atom. The lowest BCUT2D eigenvalue weighted by atomic mass is 10.0. The van der Waals surface area contributed by atoms with E-state index >= 15 is 0 Å². The summed E-state index contributed by atoms with van der Waals surface area (Å²) in [4.78, 5) is 30.5. The van der Waals surface area contributed by atoms with Crippen molar-refractivity contribution >= 4 is 6.16 Å². The highest BCUT2D eigenvalue weighted by Crippen LogP contribution is 2.19. The highest BCUT2D eigenvalue weighted by atomic mass is 17.3. The van der Waals surface area contributed by atoms with Gasteiger partial charge in [0.25, 0.3) is 6.29 Å². The molecule has 0 fully saturated rings. The van der Waals surface area contributed by atoms with Crippen molar-refractivity contribution in [1.82, 2.24) is 0 Å². The summed E-state index contributed by atoms with van der Waals surface area (Å²) >= 11 is 0. The van der Waals surface area contributed by atoms with Crippen molar-refractivity contribution in [3.05, 3.63) is 12.2 Å². The van der Waals surface area contributed by atoms with E-state index in [0.29, 0.717) is 5.57 Å². The molecule has 0 N–H and O–H groups in total. The molecule has 0 aromatic carbocycles. The van der Waals surface area contributed by atoms with Crippen LogP contribution in [0.4, 0.5) is 4.79 Å². The molecule has 1 unspecified atom stereocenters. The average Bonchev–Trinajstić information content (AvgIpc) is 2.28. The van der Waals surface area contributed by atoms with Gasteiger partial charge in [-0.15, -0.1) is 4.89 Å². The monoisotopic (exact) mass is 276 g/mol. The van der Waals surface area contributed by atoms with Gasteiger partial charge in [-0.05, 0) is 39.7 Å². The van der Waals surface area contributed by atoms with Crippen LogP contribution in [0.25, 0.3) is 0 Å². The number of rotatable bonds is 9. The summed E-state index contributed by atoms with van der Waals surface area (Å²) in [6.45, 7) is 13.0. The largest absolute Gasteiger partial charge is 0.540 e. The number of carbonyl (C=O) groups excluding carboxylic acids is 1. The normalized spacial score (nSPS) is 12.9. The lowest BCUT2D eigenvalue weighted by Crippen LogP contribution is -2.29. The zero-order chi connectivity index (χ0) is 14.9. The van der Waals surface area contributed by atoms with Crippen LogP contribution in [0.5, 0.6) is 0 Å². The Hall–Kier alpha value is -1.11. The molecule has 0 aromatic rings. The predicted molar refractivity (Wildman–Crippen MR) is 69.0 cm³/mol. The second-order valence-corrected chi connectivity index (χ2v) is 4.73. The molecular formula is C13H24O6. The van der Waals surface area contributed by atoms with Crippen LogP contribution in [-0.4, -0.2) is 24.7 Å². The minimum atomic E-state index is -1.000. The summed E-state index contributed by atoms with van der Waals surface area (Å²) in [5.41, 5.74) is 0.0343. The fraction of sp³-hybridized carbons (Fsp3) is 0.769. The zero-order valence-corrected chi connectivity index (χ0v) is 12.4. The van der Waals surface area contributed by atoms with Crippen molar-refractivity contribution in [2.24, 2.45) is 0 Å². The first-order valence-corrected chi connectivity index (χ1v) is 6.32. The maximum atomic E-state index is 11.0. The standard InChI is InChI=1S/C13H24O6/c1-7-9-13(5,6)19-17-11(10(3)4)16-18-12(14)15-8-2/h11H,3,7-9H2,1-2,4-6H3. The van der Waals surface area contributed by atoms with E-state index in [1.165, 1.54) is 0 Å². The molecule has 0 heterocycles. The van der Waals surface area contributed by atoms with E-state index in [0.717, 1.165) is 12.8 Å². The van der Waals surface area contributed by atoms with Gasteiger partial charge in [-0.1, -0.05) is 19.9 Å². The molecule has 0 aliphatic heterocycles. The summed E-state index contributed by atoms with van der Waals surface area (Å²) in [5, 5.41) is 0. The SMILES string of the molecule is C=C(C)C(OOC(=O)OCC)OOC(C)(C)CCC. The predicted octanol–water partition coefficient (Wildman–Crippen LogP) is 3.52. The second kappa shape index (κ2) is 8.90. The number of carbonyl (C=O) groups is 1. The molecule has 0 radical (unpaired) electrons. The van der Waals surface area contributed by atoms with Gasteiger partial charge < -0.3 is 4.74 Å². The van der Waals surface area contributed by atoms with Crippen LogP contribution >= 0.6 is 0 Å². The van der Waals surface area contributed by atoms with Crippen LogP contribution in [0.1, 0.15) is 47.5 Å². The molecule has 0 spiro atoms. The van der Waals surface area contributed by atoms with Crippen molar-refractivity contribution in [1.29, 1.82) is 0 Å². The minimum absolute atomic E-state index is 0.195. The van der Waals surface area contributed by atoms with E-state index in [-0.39, 0.29) is 6.61 Å². The fourth-order valence-corrected chi connectivity index (χ4v) is 1.22.